The van der Waals surface area contributed by atoms with E-state index < -0.39 is 17.6 Å². The standard InChI is InChI=1S/C15H24N2O4/c16-15(5-7-21-8-6-15)14(20)17-11-4-2-1-3-10(11)9-12(17)13(18)19/h10-12H,1-9,16H2,(H,18,19). The SMILES string of the molecule is NC1(C(=O)N2C(C(=O)O)CC3CCCCC32)CCOCC1. The fourth-order valence-electron chi connectivity index (χ4n) is 4.18. The van der Waals surface area contributed by atoms with Crippen LogP contribution in [0.4, 0.5) is 0 Å². The lowest BCUT2D eigenvalue weighted by Crippen LogP contribution is -2.61. The molecule has 0 aromatic rings. The van der Waals surface area contributed by atoms with Crippen molar-refractivity contribution in [3.8, 4) is 0 Å². The van der Waals surface area contributed by atoms with Crippen LogP contribution < -0.4 is 5.73 Å². The number of carboxylic acids is 1. The first kappa shape index (κ1) is 14.8. The predicted octanol–water partition coefficient (Wildman–Crippen LogP) is 0.739. The van der Waals surface area contributed by atoms with Crippen LogP contribution in [0.2, 0.25) is 0 Å². The Bertz CT molecular complexity index is 433. The molecule has 0 aromatic heterocycles. The van der Waals surface area contributed by atoms with Crippen molar-refractivity contribution in [1.29, 1.82) is 0 Å². The average molecular weight is 296 g/mol. The van der Waals surface area contributed by atoms with E-state index in [-0.39, 0.29) is 11.9 Å². The molecule has 21 heavy (non-hydrogen) atoms. The summed E-state index contributed by atoms with van der Waals surface area (Å²) in [4.78, 5) is 26.2. The number of nitrogens with zero attached hydrogens (tertiary/aromatic N) is 1. The van der Waals surface area contributed by atoms with Gasteiger partial charge in [-0.15, -0.1) is 0 Å². The smallest absolute Gasteiger partial charge is 0.326 e. The van der Waals surface area contributed by atoms with Crippen LogP contribution in [0.1, 0.15) is 44.9 Å². The number of aliphatic carboxylic acids is 1. The van der Waals surface area contributed by atoms with Gasteiger partial charge in [0.2, 0.25) is 5.91 Å². The largest absolute Gasteiger partial charge is 0.480 e. The Morgan fingerprint density at radius 2 is 1.86 bits per heavy atom. The molecule has 3 N–H and O–H groups in total. The molecule has 0 radical (unpaired) electrons. The molecule has 1 saturated carbocycles. The molecule has 3 fully saturated rings. The van der Waals surface area contributed by atoms with Crippen LogP contribution in [-0.2, 0) is 14.3 Å². The lowest BCUT2D eigenvalue weighted by atomic mass is 9.84. The van der Waals surface area contributed by atoms with Crippen LogP contribution in [0.15, 0.2) is 0 Å². The first-order valence-corrected chi connectivity index (χ1v) is 7.95. The van der Waals surface area contributed by atoms with Gasteiger partial charge in [0.25, 0.3) is 0 Å². The molecule has 118 valence electrons. The Balaban J connectivity index is 1.85. The Hall–Kier alpha value is -1.14. The maximum absolute atomic E-state index is 13.0. The van der Waals surface area contributed by atoms with Gasteiger partial charge in [-0.05, 0) is 38.0 Å². The van der Waals surface area contributed by atoms with Gasteiger partial charge in [-0.2, -0.15) is 0 Å². The van der Waals surface area contributed by atoms with Gasteiger partial charge in [0.05, 0.1) is 5.54 Å². The van der Waals surface area contributed by atoms with Gasteiger partial charge in [0.1, 0.15) is 6.04 Å². The third-order valence-electron chi connectivity index (χ3n) is 5.42. The van der Waals surface area contributed by atoms with Crippen molar-refractivity contribution in [2.75, 3.05) is 13.2 Å². The van der Waals surface area contributed by atoms with Crippen LogP contribution in [0.3, 0.4) is 0 Å². The van der Waals surface area contributed by atoms with Crippen molar-refractivity contribution < 1.29 is 19.4 Å². The van der Waals surface area contributed by atoms with E-state index in [1.54, 1.807) is 4.90 Å². The zero-order valence-corrected chi connectivity index (χ0v) is 12.3. The molecule has 3 aliphatic rings. The van der Waals surface area contributed by atoms with E-state index in [2.05, 4.69) is 0 Å². The van der Waals surface area contributed by atoms with Crippen molar-refractivity contribution in [3.63, 3.8) is 0 Å². The lowest BCUT2D eigenvalue weighted by Gasteiger charge is -2.40. The topological polar surface area (TPSA) is 92.9 Å². The quantitative estimate of drug-likeness (QED) is 0.784. The lowest BCUT2D eigenvalue weighted by molar-refractivity contribution is -0.154. The van der Waals surface area contributed by atoms with Crippen molar-refractivity contribution >= 4 is 11.9 Å². The molecule has 3 unspecified atom stereocenters. The first-order chi connectivity index (χ1) is 10.0. The molecule has 6 heteroatoms. The number of amides is 1. The molecule has 3 atom stereocenters. The minimum absolute atomic E-state index is 0.0654. The van der Waals surface area contributed by atoms with Crippen LogP contribution in [0.5, 0.6) is 0 Å². The summed E-state index contributed by atoms with van der Waals surface area (Å²) in [5, 5.41) is 9.50. The van der Waals surface area contributed by atoms with Gasteiger partial charge < -0.3 is 20.5 Å². The van der Waals surface area contributed by atoms with E-state index in [4.69, 9.17) is 10.5 Å². The van der Waals surface area contributed by atoms with Crippen molar-refractivity contribution in [2.24, 2.45) is 11.7 Å². The summed E-state index contributed by atoms with van der Waals surface area (Å²) in [5.74, 6) is -0.742. The molecule has 1 amide bonds. The number of fused-ring (bicyclic) bond motifs is 1. The average Bonchev–Trinajstić information content (AvgIpc) is 2.86. The number of hydrogen-bond donors (Lipinski definition) is 2. The summed E-state index contributed by atoms with van der Waals surface area (Å²) in [5.41, 5.74) is 5.36. The van der Waals surface area contributed by atoms with Crippen molar-refractivity contribution in [1.82, 2.24) is 4.90 Å². The van der Waals surface area contributed by atoms with Crippen molar-refractivity contribution in [2.45, 2.75) is 62.6 Å². The van der Waals surface area contributed by atoms with Gasteiger partial charge in [0, 0.05) is 19.3 Å². The Morgan fingerprint density at radius 3 is 2.52 bits per heavy atom. The molecule has 6 nitrogen and oxygen atoms in total. The molecule has 0 spiro atoms. The summed E-state index contributed by atoms with van der Waals surface area (Å²) in [6.07, 6.45) is 5.68. The number of carboxylic acid groups (broad SMARTS) is 1. The summed E-state index contributed by atoms with van der Waals surface area (Å²) in [6.45, 7) is 0.948. The number of rotatable bonds is 2. The molecule has 2 aliphatic heterocycles. The third-order valence-corrected chi connectivity index (χ3v) is 5.42. The predicted molar refractivity (Wildman–Crippen MR) is 75.6 cm³/mol. The summed E-state index contributed by atoms with van der Waals surface area (Å²) < 4.78 is 5.29. The second-order valence-electron chi connectivity index (χ2n) is 6.68. The van der Waals surface area contributed by atoms with Gasteiger partial charge >= 0.3 is 5.97 Å². The highest BCUT2D eigenvalue weighted by Crippen LogP contribution is 2.41. The van der Waals surface area contributed by atoms with Crippen LogP contribution in [0, 0.1) is 5.92 Å². The number of nitrogens with two attached hydrogens (primary N) is 1. The van der Waals surface area contributed by atoms with E-state index in [1.165, 1.54) is 0 Å². The highest BCUT2D eigenvalue weighted by molar-refractivity contribution is 5.91. The van der Waals surface area contributed by atoms with E-state index >= 15 is 0 Å². The highest BCUT2D eigenvalue weighted by atomic mass is 16.5. The molecule has 2 heterocycles. The number of ether oxygens (including phenoxy) is 1. The summed E-state index contributed by atoms with van der Waals surface area (Å²) in [7, 11) is 0. The van der Waals surface area contributed by atoms with Crippen LogP contribution >= 0.6 is 0 Å². The van der Waals surface area contributed by atoms with E-state index in [0.29, 0.717) is 38.4 Å². The second kappa shape index (κ2) is 5.57. The molecule has 1 aliphatic carbocycles. The van der Waals surface area contributed by atoms with Crippen molar-refractivity contribution in [3.05, 3.63) is 0 Å². The number of carbonyl (C=O) groups is 2. The Morgan fingerprint density at radius 1 is 1.19 bits per heavy atom. The Kier molecular flexibility index (Phi) is 3.92. The number of carbonyl (C=O) groups excluding carboxylic acids is 1. The molecule has 0 aromatic carbocycles. The Labute approximate surface area is 124 Å². The minimum Gasteiger partial charge on any atom is -0.480 e. The van der Waals surface area contributed by atoms with E-state index in [0.717, 1.165) is 25.7 Å². The van der Waals surface area contributed by atoms with E-state index in [1.807, 2.05) is 0 Å². The molecule has 0 bridgehead atoms. The van der Waals surface area contributed by atoms with E-state index in [9.17, 15) is 14.7 Å². The van der Waals surface area contributed by atoms with Crippen LogP contribution in [0.25, 0.3) is 0 Å². The fourth-order valence-corrected chi connectivity index (χ4v) is 4.18. The highest BCUT2D eigenvalue weighted by Gasteiger charge is 2.52. The maximum atomic E-state index is 13.0. The van der Waals surface area contributed by atoms with Gasteiger partial charge in [-0.1, -0.05) is 12.8 Å². The number of likely N-dealkylation sites (tertiary alicyclic amines) is 1. The monoisotopic (exact) mass is 296 g/mol. The summed E-state index contributed by atoms with van der Waals surface area (Å²) >= 11 is 0. The second-order valence-corrected chi connectivity index (χ2v) is 6.68. The van der Waals surface area contributed by atoms with Crippen LogP contribution in [-0.4, -0.2) is 52.7 Å². The van der Waals surface area contributed by atoms with Gasteiger partial charge in [-0.25, -0.2) is 4.79 Å². The van der Waals surface area contributed by atoms with Gasteiger partial charge in [0.15, 0.2) is 0 Å². The summed E-state index contributed by atoms with van der Waals surface area (Å²) in [6, 6.07) is -0.635. The number of hydrogen-bond acceptors (Lipinski definition) is 4. The fraction of sp³-hybridized carbons (Fsp3) is 0.867. The zero-order valence-electron chi connectivity index (χ0n) is 12.3. The first-order valence-electron chi connectivity index (χ1n) is 7.95. The molecule has 3 rings (SSSR count). The molecular formula is C15H24N2O4. The zero-order chi connectivity index (χ0) is 15.0. The minimum atomic E-state index is -0.946. The molecular weight excluding hydrogens is 272 g/mol. The maximum Gasteiger partial charge on any atom is 0.326 e. The normalized spacial score (nSPS) is 35.3. The third kappa shape index (κ3) is 2.55. The van der Waals surface area contributed by atoms with Gasteiger partial charge in [-0.3, -0.25) is 4.79 Å². The molecule has 2 saturated heterocycles.